The van der Waals surface area contributed by atoms with Gasteiger partial charge in [0.25, 0.3) is 0 Å². The molecular weight excluding hydrogens is 200 g/mol. The molecule has 1 aliphatic rings. The second-order valence-corrected chi connectivity index (χ2v) is 5.97. The molecule has 3 heteroatoms. The van der Waals surface area contributed by atoms with E-state index in [4.69, 9.17) is 4.74 Å². The molecule has 1 aliphatic carbocycles. The summed E-state index contributed by atoms with van der Waals surface area (Å²) in [7, 11) is 1.86. The first-order valence-electron chi connectivity index (χ1n) is 6.11. The first kappa shape index (κ1) is 13.5. The van der Waals surface area contributed by atoms with Crippen molar-refractivity contribution in [3.63, 3.8) is 0 Å². The standard InChI is InChI=1S/C13H24N2O/c1-12(2,3)7-8-16-10-13(9-14,15-4)11-5-6-11/h11,15H,5-8,10H2,1-4H3. The van der Waals surface area contributed by atoms with Crippen molar-refractivity contribution in [3.8, 4) is 6.07 Å². The molecule has 1 unspecified atom stereocenters. The van der Waals surface area contributed by atoms with Gasteiger partial charge in [0.1, 0.15) is 5.54 Å². The highest BCUT2D eigenvalue weighted by Crippen LogP contribution is 2.39. The Morgan fingerprint density at radius 3 is 2.38 bits per heavy atom. The van der Waals surface area contributed by atoms with Crippen molar-refractivity contribution in [3.05, 3.63) is 0 Å². The lowest BCUT2D eigenvalue weighted by atomic mass is 9.93. The first-order valence-corrected chi connectivity index (χ1v) is 6.11. The van der Waals surface area contributed by atoms with Crippen LogP contribution in [0.5, 0.6) is 0 Å². The van der Waals surface area contributed by atoms with E-state index in [-0.39, 0.29) is 0 Å². The van der Waals surface area contributed by atoms with E-state index in [0.717, 1.165) is 25.9 Å². The summed E-state index contributed by atoms with van der Waals surface area (Å²) >= 11 is 0. The van der Waals surface area contributed by atoms with Gasteiger partial charge < -0.3 is 10.1 Å². The molecule has 1 saturated carbocycles. The van der Waals surface area contributed by atoms with Gasteiger partial charge in [-0.1, -0.05) is 20.8 Å². The largest absolute Gasteiger partial charge is 0.378 e. The first-order chi connectivity index (χ1) is 7.43. The summed E-state index contributed by atoms with van der Waals surface area (Å²) in [5, 5.41) is 12.4. The third kappa shape index (κ3) is 3.77. The molecule has 0 aliphatic heterocycles. The summed E-state index contributed by atoms with van der Waals surface area (Å²) in [6, 6.07) is 2.39. The van der Waals surface area contributed by atoms with Crippen molar-refractivity contribution in [1.29, 1.82) is 5.26 Å². The fourth-order valence-electron chi connectivity index (χ4n) is 1.76. The van der Waals surface area contributed by atoms with Gasteiger partial charge in [-0.2, -0.15) is 5.26 Å². The maximum absolute atomic E-state index is 9.25. The average molecular weight is 224 g/mol. The predicted molar refractivity (Wildman–Crippen MR) is 65.0 cm³/mol. The maximum Gasteiger partial charge on any atom is 0.132 e. The van der Waals surface area contributed by atoms with E-state index in [0.29, 0.717) is 17.9 Å². The lowest BCUT2D eigenvalue weighted by Gasteiger charge is -2.26. The Labute approximate surface area is 99.2 Å². The zero-order valence-corrected chi connectivity index (χ0v) is 11.0. The quantitative estimate of drug-likeness (QED) is 0.704. The fraction of sp³-hybridized carbons (Fsp3) is 0.923. The summed E-state index contributed by atoms with van der Waals surface area (Å²) in [6.45, 7) is 7.86. The molecule has 0 heterocycles. The van der Waals surface area contributed by atoms with E-state index in [1.165, 1.54) is 0 Å². The predicted octanol–water partition coefficient (Wildman–Crippen LogP) is 2.33. The second kappa shape index (κ2) is 5.16. The van der Waals surface area contributed by atoms with E-state index in [1.54, 1.807) is 0 Å². The van der Waals surface area contributed by atoms with Crippen molar-refractivity contribution in [2.75, 3.05) is 20.3 Å². The number of hydrogen-bond acceptors (Lipinski definition) is 3. The van der Waals surface area contributed by atoms with Crippen LogP contribution in [0.25, 0.3) is 0 Å². The molecule has 92 valence electrons. The monoisotopic (exact) mass is 224 g/mol. The van der Waals surface area contributed by atoms with Crippen molar-refractivity contribution >= 4 is 0 Å². The molecule has 0 amide bonds. The summed E-state index contributed by atoms with van der Waals surface area (Å²) in [5.41, 5.74) is -0.146. The molecule has 16 heavy (non-hydrogen) atoms. The van der Waals surface area contributed by atoms with Crippen LogP contribution >= 0.6 is 0 Å². The summed E-state index contributed by atoms with van der Waals surface area (Å²) in [6.07, 6.45) is 3.33. The van der Waals surface area contributed by atoms with Crippen molar-refractivity contribution in [2.45, 2.75) is 45.6 Å². The van der Waals surface area contributed by atoms with Crippen LogP contribution in [0, 0.1) is 22.7 Å². The third-order valence-electron chi connectivity index (χ3n) is 3.25. The van der Waals surface area contributed by atoms with Crippen molar-refractivity contribution in [1.82, 2.24) is 5.32 Å². The number of nitrogens with one attached hydrogen (secondary N) is 1. The van der Waals surface area contributed by atoms with Gasteiger partial charge in [0.2, 0.25) is 0 Å². The van der Waals surface area contributed by atoms with Crippen LogP contribution in [0.15, 0.2) is 0 Å². The molecular formula is C13H24N2O. The molecule has 0 bridgehead atoms. The number of rotatable bonds is 6. The van der Waals surface area contributed by atoms with Gasteiger partial charge in [-0.05, 0) is 37.6 Å². The van der Waals surface area contributed by atoms with Gasteiger partial charge in [0.05, 0.1) is 12.7 Å². The minimum absolute atomic E-state index is 0.300. The molecule has 0 aromatic heterocycles. The van der Waals surface area contributed by atoms with Crippen molar-refractivity contribution in [2.24, 2.45) is 11.3 Å². The SMILES string of the molecule is CNC(C#N)(COCCC(C)(C)C)C1CC1. The van der Waals surface area contributed by atoms with Crippen LogP contribution in [0.3, 0.4) is 0 Å². The van der Waals surface area contributed by atoms with Gasteiger partial charge in [0, 0.05) is 6.61 Å². The van der Waals surface area contributed by atoms with Crippen molar-refractivity contribution < 1.29 is 4.74 Å². The third-order valence-corrected chi connectivity index (χ3v) is 3.25. The zero-order valence-electron chi connectivity index (χ0n) is 11.0. The highest BCUT2D eigenvalue weighted by Gasteiger charge is 2.44. The fourth-order valence-corrected chi connectivity index (χ4v) is 1.76. The smallest absolute Gasteiger partial charge is 0.132 e. The highest BCUT2D eigenvalue weighted by molar-refractivity contribution is 5.14. The number of nitrogens with zero attached hydrogens (tertiary/aromatic N) is 1. The summed E-state index contributed by atoms with van der Waals surface area (Å²) in [5.74, 6) is 0.483. The molecule has 1 N–H and O–H groups in total. The Kier molecular flexibility index (Phi) is 4.35. The highest BCUT2D eigenvalue weighted by atomic mass is 16.5. The molecule has 0 aromatic carbocycles. The van der Waals surface area contributed by atoms with Gasteiger partial charge in [-0.25, -0.2) is 0 Å². The molecule has 0 saturated heterocycles. The summed E-state index contributed by atoms with van der Waals surface area (Å²) < 4.78 is 5.67. The molecule has 1 rings (SSSR count). The van der Waals surface area contributed by atoms with Gasteiger partial charge >= 0.3 is 0 Å². The molecule has 0 aromatic rings. The Morgan fingerprint density at radius 2 is 2.00 bits per heavy atom. The minimum Gasteiger partial charge on any atom is -0.378 e. The lowest BCUT2D eigenvalue weighted by molar-refractivity contribution is 0.0671. The molecule has 3 nitrogen and oxygen atoms in total. The van der Waals surface area contributed by atoms with Crippen LogP contribution in [0.2, 0.25) is 0 Å². The number of likely N-dealkylation sites (N-methyl/N-ethyl adjacent to an activating group) is 1. The lowest BCUT2D eigenvalue weighted by Crippen LogP contribution is -2.48. The zero-order chi connectivity index (χ0) is 12.2. The van der Waals surface area contributed by atoms with Crippen LogP contribution < -0.4 is 5.32 Å². The summed E-state index contributed by atoms with van der Waals surface area (Å²) in [4.78, 5) is 0. The molecule has 1 atom stereocenters. The average Bonchev–Trinajstić information content (AvgIpc) is 3.01. The second-order valence-electron chi connectivity index (χ2n) is 5.97. The van der Waals surface area contributed by atoms with E-state index in [1.807, 2.05) is 7.05 Å². The molecule has 0 spiro atoms. The van der Waals surface area contributed by atoms with E-state index < -0.39 is 5.54 Å². The van der Waals surface area contributed by atoms with Crippen LogP contribution in [0.4, 0.5) is 0 Å². The van der Waals surface area contributed by atoms with Gasteiger partial charge in [-0.15, -0.1) is 0 Å². The Hall–Kier alpha value is -0.590. The Morgan fingerprint density at radius 1 is 1.38 bits per heavy atom. The van der Waals surface area contributed by atoms with Gasteiger partial charge in [-0.3, -0.25) is 0 Å². The van der Waals surface area contributed by atoms with E-state index in [9.17, 15) is 5.26 Å². The van der Waals surface area contributed by atoms with Gasteiger partial charge in [0.15, 0.2) is 0 Å². The van der Waals surface area contributed by atoms with E-state index in [2.05, 4.69) is 32.2 Å². The molecule has 1 fully saturated rings. The number of ether oxygens (including phenoxy) is 1. The maximum atomic E-state index is 9.25. The van der Waals surface area contributed by atoms with Crippen LogP contribution in [-0.4, -0.2) is 25.8 Å². The number of hydrogen-bond donors (Lipinski definition) is 1. The Bertz CT molecular complexity index is 260. The van der Waals surface area contributed by atoms with Crippen LogP contribution in [0.1, 0.15) is 40.0 Å². The number of nitriles is 1. The normalized spacial score (nSPS) is 20.2. The van der Waals surface area contributed by atoms with E-state index >= 15 is 0 Å². The molecule has 0 radical (unpaired) electrons. The topological polar surface area (TPSA) is 45.0 Å². The van der Waals surface area contributed by atoms with Crippen LogP contribution in [-0.2, 0) is 4.74 Å². The Balaban J connectivity index is 2.32. The minimum atomic E-state index is -0.447.